The molecule has 6 aromatic carbocycles. The first kappa shape index (κ1) is 31.1. The minimum absolute atomic E-state index is 0.00796. The number of benzene rings is 6. The van der Waals surface area contributed by atoms with Crippen molar-refractivity contribution in [2.75, 3.05) is 4.90 Å². The molecule has 12 rings (SSSR count). The van der Waals surface area contributed by atoms with Gasteiger partial charge in [-0.1, -0.05) is 129 Å². The summed E-state index contributed by atoms with van der Waals surface area (Å²) in [4.78, 5) is 2.34. The van der Waals surface area contributed by atoms with Crippen LogP contribution >= 0.6 is 0 Å². The molecular weight excluding hydrogens is 671 g/mol. The van der Waals surface area contributed by atoms with Gasteiger partial charge in [-0.05, 0) is 111 Å². The highest BCUT2D eigenvalue weighted by Crippen LogP contribution is 2.67. The number of para-hydroxylation sites is 1. The van der Waals surface area contributed by atoms with Gasteiger partial charge in [-0.2, -0.15) is 0 Å². The predicted octanol–water partition coefficient (Wildman–Crippen LogP) is 12.8. The Balaban J connectivity index is 0.975. The lowest BCUT2D eigenvalue weighted by Crippen LogP contribution is -2.36. The van der Waals surface area contributed by atoms with E-state index in [4.69, 9.17) is 9.47 Å². The predicted molar refractivity (Wildman–Crippen MR) is 221 cm³/mol. The van der Waals surface area contributed by atoms with E-state index < -0.39 is 0 Å². The molecule has 0 radical (unpaired) electrons. The summed E-state index contributed by atoms with van der Waals surface area (Å²) in [6, 6.07) is 51.0. The van der Waals surface area contributed by atoms with Crippen molar-refractivity contribution in [2.24, 2.45) is 5.92 Å². The van der Waals surface area contributed by atoms with E-state index in [1.807, 2.05) is 0 Å². The Morgan fingerprint density at radius 2 is 1.29 bits per heavy atom. The lowest BCUT2D eigenvalue weighted by molar-refractivity contribution is 0.255. The zero-order valence-electron chi connectivity index (χ0n) is 30.9. The normalized spacial score (nSPS) is 22.4. The first-order valence-corrected chi connectivity index (χ1v) is 19.6. The average Bonchev–Trinajstić information content (AvgIpc) is 3.79. The average molecular weight is 710 g/mol. The number of allylic oxidation sites excluding steroid dienone is 7. The van der Waals surface area contributed by atoms with Crippen LogP contribution in [0.15, 0.2) is 181 Å². The second-order valence-electron chi connectivity index (χ2n) is 16.3. The van der Waals surface area contributed by atoms with Crippen molar-refractivity contribution in [3.05, 3.63) is 214 Å². The number of fused-ring (bicyclic) bond motifs is 14. The molecule has 0 saturated carbocycles. The summed E-state index contributed by atoms with van der Waals surface area (Å²) in [5, 5.41) is 0. The van der Waals surface area contributed by atoms with Crippen LogP contribution in [-0.4, -0.2) is 0 Å². The first-order chi connectivity index (χ1) is 27.0. The number of ether oxygens (including phenoxy) is 2. The summed E-state index contributed by atoms with van der Waals surface area (Å²) >= 11 is 0. The van der Waals surface area contributed by atoms with Crippen molar-refractivity contribution in [3.63, 3.8) is 0 Å². The maximum absolute atomic E-state index is 7.19. The van der Waals surface area contributed by atoms with Crippen LogP contribution in [0.5, 0.6) is 11.5 Å². The maximum atomic E-state index is 7.19. The smallest absolute Gasteiger partial charge is 0.171 e. The number of nitrogens with zero attached hydrogens (tertiary/aromatic N) is 1. The third-order valence-corrected chi connectivity index (χ3v) is 13.3. The third kappa shape index (κ3) is 4.05. The van der Waals surface area contributed by atoms with Crippen molar-refractivity contribution in [1.82, 2.24) is 0 Å². The molecule has 6 aromatic rings. The highest BCUT2D eigenvalue weighted by molar-refractivity contribution is 5.89. The molecule has 5 aliphatic carbocycles. The van der Waals surface area contributed by atoms with Crippen LogP contribution < -0.4 is 14.4 Å². The lowest BCUT2D eigenvalue weighted by Gasteiger charge is -2.39. The Kier molecular flexibility index (Phi) is 6.28. The van der Waals surface area contributed by atoms with Crippen molar-refractivity contribution in [3.8, 4) is 22.6 Å². The maximum Gasteiger partial charge on any atom is 0.171 e. The second-order valence-corrected chi connectivity index (χ2v) is 16.3. The fourth-order valence-corrected chi connectivity index (χ4v) is 11.0. The van der Waals surface area contributed by atoms with Crippen LogP contribution in [0, 0.1) is 5.92 Å². The summed E-state index contributed by atoms with van der Waals surface area (Å²) in [6.45, 7) is 4.66. The van der Waals surface area contributed by atoms with Gasteiger partial charge in [0.1, 0.15) is 0 Å². The molecule has 0 aromatic heterocycles. The van der Waals surface area contributed by atoms with Crippen LogP contribution in [0.3, 0.4) is 0 Å². The van der Waals surface area contributed by atoms with E-state index in [0.29, 0.717) is 0 Å². The summed E-state index contributed by atoms with van der Waals surface area (Å²) in [6.07, 6.45) is 11.5. The van der Waals surface area contributed by atoms with Gasteiger partial charge in [0.15, 0.2) is 23.0 Å². The largest absolute Gasteiger partial charge is 0.453 e. The molecule has 3 heteroatoms. The Labute approximate surface area is 322 Å². The topological polar surface area (TPSA) is 21.7 Å². The number of rotatable bonds is 3. The second kappa shape index (κ2) is 11.1. The van der Waals surface area contributed by atoms with Crippen LogP contribution in [0.1, 0.15) is 66.0 Å². The molecule has 3 atom stereocenters. The molecule has 3 nitrogen and oxygen atoms in total. The molecule has 3 unspecified atom stereocenters. The Morgan fingerprint density at radius 3 is 2.16 bits per heavy atom. The van der Waals surface area contributed by atoms with E-state index in [9.17, 15) is 0 Å². The summed E-state index contributed by atoms with van der Waals surface area (Å²) in [5.41, 5.74) is 16.7. The van der Waals surface area contributed by atoms with Crippen LogP contribution in [0.25, 0.3) is 16.7 Å². The molecule has 0 bridgehead atoms. The summed E-state index contributed by atoms with van der Waals surface area (Å²) in [5.74, 6) is 3.32. The molecule has 55 heavy (non-hydrogen) atoms. The lowest BCUT2D eigenvalue weighted by atomic mass is 9.64. The molecule has 0 fully saturated rings. The standard InChI is InChI=1S/C52H39NO2/c1-51(2)40-20-10-6-18-37(40)39-30-33(24-26-41(39)51)53(32-14-4-3-5-15-32)34-25-28-46-48(31-34)55-50-47(54-46)29-27-45-49(50)38-19-9-13-23-44(38)52(45)42-21-11-7-16-35(42)36-17-8-12-22-43(36)52/h3-7,9-16,18-31,45,49H,8,17H2,1-2H3. The summed E-state index contributed by atoms with van der Waals surface area (Å²) < 4.78 is 14.0. The Hall–Kier alpha value is -6.32. The Bertz CT molecular complexity index is 2760. The minimum Gasteiger partial charge on any atom is -0.453 e. The molecule has 1 heterocycles. The van der Waals surface area contributed by atoms with Gasteiger partial charge in [-0.15, -0.1) is 0 Å². The number of hydrogen-bond acceptors (Lipinski definition) is 3. The van der Waals surface area contributed by atoms with Crippen molar-refractivity contribution < 1.29 is 9.47 Å². The number of anilines is 3. The van der Waals surface area contributed by atoms with Gasteiger partial charge in [0.25, 0.3) is 0 Å². The van der Waals surface area contributed by atoms with Gasteiger partial charge in [0, 0.05) is 28.8 Å². The van der Waals surface area contributed by atoms with Crippen LogP contribution in [-0.2, 0) is 10.8 Å². The monoisotopic (exact) mass is 709 g/mol. The quantitative estimate of drug-likeness (QED) is 0.183. The van der Waals surface area contributed by atoms with E-state index in [1.165, 1.54) is 55.7 Å². The van der Waals surface area contributed by atoms with E-state index in [0.717, 1.165) is 52.9 Å². The molecule has 0 amide bonds. The van der Waals surface area contributed by atoms with E-state index >= 15 is 0 Å². The van der Waals surface area contributed by atoms with Gasteiger partial charge in [-0.3, -0.25) is 0 Å². The van der Waals surface area contributed by atoms with E-state index in [-0.39, 0.29) is 22.7 Å². The van der Waals surface area contributed by atoms with E-state index in [2.05, 4.69) is 183 Å². The molecule has 0 saturated heterocycles. The van der Waals surface area contributed by atoms with Crippen LogP contribution in [0.2, 0.25) is 0 Å². The molecule has 1 spiro atoms. The number of hydrogen-bond donors (Lipinski definition) is 0. The van der Waals surface area contributed by atoms with E-state index in [1.54, 1.807) is 0 Å². The molecular formula is C52H39NO2. The summed E-state index contributed by atoms with van der Waals surface area (Å²) in [7, 11) is 0. The van der Waals surface area contributed by atoms with Crippen molar-refractivity contribution >= 4 is 22.6 Å². The molecule has 264 valence electrons. The van der Waals surface area contributed by atoms with Gasteiger partial charge in [-0.25, -0.2) is 0 Å². The van der Waals surface area contributed by atoms with Crippen LogP contribution in [0.4, 0.5) is 17.1 Å². The Morgan fingerprint density at radius 1 is 0.582 bits per heavy atom. The van der Waals surface area contributed by atoms with Gasteiger partial charge in [0.2, 0.25) is 0 Å². The highest BCUT2D eigenvalue weighted by Gasteiger charge is 2.60. The molecule has 6 aliphatic rings. The fourth-order valence-electron chi connectivity index (χ4n) is 11.0. The van der Waals surface area contributed by atoms with Gasteiger partial charge in [0.05, 0.1) is 17.0 Å². The van der Waals surface area contributed by atoms with Gasteiger partial charge < -0.3 is 14.4 Å². The molecule has 1 aliphatic heterocycles. The van der Waals surface area contributed by atoms with Gasteiger partial charge >= 0.3 is 0 Å². The first-order valence-electron chi connectivity index (χ1n) is 19.6. The minimum atomic E-state index is -0.282. The SMILES string of the molecule is CC1(C)c2ccccc2-c2cc(N(c3ccccc3)c3ccc4c(c3)OC3=C(C=CC5C3c3ccccc3C53C5=C(CCC=C5)c5ccccc53)O4)ccc21. The third-order valence-electron chi connectivity index (χ3n) is 13.3. The molecule has 0 N–H and O–H groups in total. The zero-order valence-corrected chi connectivity index (χ0v) is 30.9. The van der Waals surface area contributed by atoms with Crippen molar-refractivity contribution in [1.29, 1.82) is 0 Å². The zero-order chi connectivity index (χ0) is 36.5. The highest BCUT2D eigenvalue weighted by atomic mass is 16.6. The van der Waals surface area contributed by atoms with Crippen molar-refractivity contribution in [2.45, 2.75) is 43.4 Å². The fraction of sp³-hybridized carbons (Fsp3) is 0.154.